The van der Waals surface area contributed by atoms with Gasteiger partial charge < -0.3 is 10.6 Å². The smallest absolute Gasteiger partial charge is 0.264 e. The van der Waals surface area contributed by atoms with Crippen LogP contribution in [0.1, 0.15) is 19.3 Å². The lowest BCUT2D eigenvalue weighted by molar-refractivity contribution is -0.122. The van der Waals surface area contributed by atoms with Crippen LogP contribution in [0.5, 0.6) is 0 Å². The van der Waals surface area contributed by atoms with E-state index >= 15 is 0 Å². The van der Waals surface area contributed by atoms with Gasteiger partial charge in [-0.2, -0.15) is 8.42 Å². The monoisotopic (exact) mass is 236 g/mol. The first-order chi connectivity index (χ1) is 6.99. The summed E-state index contributed by atoms with van der Waals surface area (Å²) in [6, 6.07) is -0.143. The maximum atomic E-state index is 11.4. The molecule has 0 radical (unpaired) electrons. The standard InChI is InChI=1S/C8H16N2O4S/c11-8(7-3-1-4-9-7)10-5-2-6-15(12,13)14/h7,9H,1-6H2,(H,10,11)(H,12,13,14). The molecule has 15 heavy (non-hydrogen) atoms. The van der Waals surface area contributed by atoms with E-state index in [1.54, 1.807) is 0 Å². The molecule has 0 spiro atoms. The summed E-state index contributed by atoms with van der Waals surface area (Å²) in [5.74, 6) is -0.409. The van der Waals surface area contributed by atoms with Gasteiger partial charge in [0.2, 0.25) is 5.91 Å². The van der Waals surface area contributed by atoms with Gasteiger partial charge in [0.1, 0.15) is 0 Å². The predicted octanol–water partition coefficient (Wildman–Crippen LogP) is -0.867. The quantitative estimate of drug-likeness (QED) is 0.426. The van der Waals surface area contributed by atoms with Gasteiger partial charge in [-0.15, -0.1) is 0 Å². The van der Waals surface area contributed by atoms with Crippen molar-refractivity contribution in [3.8, 4) is 0 Å². The predicted molar refractivity (Wildman–Crippen MR) is 55.1 cm³/mol. The Morgan fingerprint density at radius 3 is 2.80 bits per heavy atom. The minimum Gasteiger partial charge on any atom is -0.355 e. The van der Waals surface area contributed by atoms with Gasteiger partial charge in [0, 0.05) is 6.54 Å². The van der Waals surface area contributed by atoms with E-state index in [0.717, 1.165) is 19.4 Å². The first-order valence-electron chi connectivity index (χ1n) is 4.95. The molecule has 0 bridgehead atoms. The van der Waals surface area contributed by atoms with Crippen molar-refractivity contribution in [1.82, 2.24) is 10.6 Å². The first-order valence-corrected chi connectivity index (χ1v) is 6.56. The minimum absolute atomic E-state index is 0.0946. The van der Waals surface area contributed by atoms with Crippen molar-refractivity contribution in [1.29, 1.82) is 0 Å². The largest absolute Gasteiger partial charge is 0.355 e. The molecule has 1 heterocycles. The fourth-order valence-corrected chi connectivity index (χ4v) is 2.01. The molecule has 0 saturated carbocycles. The second-order valence-electron chi connectivity index (χ2n) is 3.58. The lowest BCUT2D eigenvalue weighted by Gasteiger charge is -2.10. The molecule has 3 N–H and O–H groups in total. The Labute approximate surface area is 89.2 Å². The van der Waals surface area contributed by atoms with E-state index in [1.165, 1.54) is 0 Å². The third-order valence-electron chi connectivity index (χ3n) is 2.26. The summed E-state index contributed by atoms with van der Waals surface area (Å²) in [7, 11) is -3.91. The van der Waals surface area contributed by atoms with Crippen LogP contribution in [0.3, 0.4) is 0 Å². The molecule has 1 amide bonds. The van der Waals surface area contributed by atoms with Crippen molar-refractivity contribution < 1.29 is 17.8 Å². The van der Waals surface area contributed by atoms with Gasteiger partial charge in [-0.1, -0.05) is 0 Å². The summed E-state index contributed by atoms with van der Waals surface area (Å²) in [6.45, 7) is 1.12. The van der Waals surface area contributed by atoms with Crippen LogP contribution in [-0.4, -0.2) is 43.8 Å². The molecule has 1 saturated heterocycles. The molecular weight excluding hydrogens is 220 g/mol. The summed E-state index contributed by atoms with van der Waals surface area (Å²) < 4.78 is 29.2. The van der Waals surface area contributed by atoms with E-state index in [2.05, 4.69) is 10.6 Å². The molecule has 0 aromatic heterocycles. The van der Waals surface area contributed by atoms with Crippen LogP contribution in [0, 0.1) is 0 Å². The zero-order valence-corrected chi connectivity index (χ0v) is 9.22. The van der Waals surface area contributed by atoms with Crippen LogP contribution >= 0.6 is 0 Å². The molecule has 1 atom stereocenters. The molecule has 1 aliphatic rings. The number of nitrogens with one attached hydrogen (secondary N) is 2. The van der Waals surface area contributed by atoms with E-state index in [9.17, 15) is 13.2 Å². The number of carbonyl (C=O) groups excluding carboxylic acids is 1. The number of rotatable bonds is 5. The highest BCUT2D eigenvalue weighted by Gasteiger charge is 2.21. The zero-order chi connectivity index (χ0) is 11.3. The molecule has 0 aromatic carbocycles. The van der Waals surface area contributed by atoms with Crippen molar-refractivity contribution >= 4 is 16.0 Å². The fourth-order valence-electron chi connectivity index (χ4n) is 1.50. The Morgan fingerprint density at radius 2 is 2.27 bits per heavy atom. The highest BCUT2D eigenvalue weighted by Crippen LogP contribution is 2.04. The van der Waals surface area contributed by atoms with Gasteiger partial charge in [0.25, 0.3) is 10.1 Å². The van der Waals surface area contributed by atoms with Crippen LogP contribution in [-0.2, 0) is 14.9 Å². The summed E-state index contributed by atoms with van der Waals surface area (Å²) in [5, 5.41) is 5.65. The lowest BCUT2D eigenvalue weighted by atomic mass is 10.2. The summed E-state index contributed by atoms with van der Waals surface area (Å²) in [4.78, 5) is 11.4. The zero-order valence-electron chi connectivity index (χ0n) is 8.40. The van der Waals surface area contributed by atoms with Crippen molar-refractivity contribution in [2.24, 2.45) is 0 Å². The minimum atomic E-state index is -3.91. The van der Waals surface area contributed by atoms with Crippen molar-refractivity contribution in [2.75, 3.05) is 18.8 Å². The first kappa shape index (κ1) is 12.4. The van der Waals surface area contributed by atoms with Crippen molar-refractivity contribution in [3.05, 3.63) is 0 Å². The fraction of sp³-hybridized carbons (Fsp3) is 0.875. The number of hydrogen-bond donors (Lipinski definition) is 3. The van der Waals surface area contributed by atoms with Gasteiger partial charge in [-0.05, 0) is 25.8 Å². The third kappa shape index (κ3) is 5.10. The highest BCUT2D eigenvalue weighted by molar-refractivity contribution is 7.85. The SMILES string of the molecule is O=C(NCCCS(=O)(=O)O)C1CCCN1. The summed E-state index contributed by atoms with van der Waals surface area (Å²) in [6.07, 6.45) is 2.05. The van der Waals surface area contributed by atoms with E-state index in [0.29, 0.717) is 0 Å². The Kier molecular flexibility index (Phi) is 4.49. The normalized spacial score (nSPS) is 21.5. The second-order valence-corrected chi connectivity index (χ2v) is 5.15. The summed E-state index contributed by atoms with van der Waals surface area (Å²) >= 11 is 0. The second kappa shape index (κ2) is 5.43. The Morgan fingerprint density at radius 1 is 1.53 bits per heavy atom. The molecule has 7 heteroatoms. The van der Waals surface area contributed by atoms with Crippen LogP contribution in [0.2, 0.25) is 0 Å². The Balaban J connectivity index is 2.12. The van der Waals surface area contributed by atoms with Crippen LogP contribution in [0.15, 0.2) is 0 Å². The van der Waals surface area contributed by atoms with E-state index in [1.807, 2.05) is 0 Å². The van der Waals surface area contributed by atoms with Gasteiger partial charge in [-0.25, -0.2) is 0 Å². The lowest BCUT2D eigenvalue weighted by Crippen LogP contribution is -2.41. The van der Waals surface area contributed by atoms with Gasteiger partial charge in [-0.3, -0.25) is 9.35 Å². The molecule has 1 unspecified atom stereocenters. The van der Waals surface area contributed by atoms with Crippen LogP contribution in [0.4, 0.5) is 0 Å². The van der Waals surface area contributed by atoms with Gasteiger partial charge >= 0.3 is 0 Å². The molecule has 1 fully saturated rings. The molecule has 1 rings (SSSR count). The van der Waals surface area contributed by atoms with E-state index in [4.69, 9.17) is 4.55 Å². The maximum absolute atomic E-state index is 11.4. The average molecular weight is 236 g/mol. The van der Waals surface area contributed by atoms with E-state index in [-0.39, 0.29) is 30.7 Å². The summed E-state index contributed by atoms with van der Waals surface area (Å²) in [5.41, 5.74) is 0. The number of carbonyl (C=O) groups is 1. The Hall–Kier alpha value is -0.660. The van der Waals surface area contributed by atoms with Crippen molar-refractivity contribution in [3.63, 3.8) is 0 Å². The topological polar surface area (TPSA) is 95.5 Å². The number of hydrogen-bond acceptors (Lipinski definition) is 4. The molecule has 0 aliphatic carbocycles. The molecule has 0 aromatic rings. The van der Waals surface area contributed by atoms with Crippen LogP contribution < -0.4 is 10.6 Å². The number of amides is 1. The van der Waals surface area contributed by atoms with E-state index < -0.39 is 10.1 Å². The van der Waals surface area contributed by atoms with Gasteiger partial charge in [0.05, 0.1) is 11.8 Å². The van der Waals surface area contributed by atoms with Crippen LogP contribution in [0.25, 0.3) is 0 Å². The van der Waals surface area contributed by atoms with Crippen molar-refractivity contribution in [2.45, 2.75) is 25.3 Å². The van der Waals surface area contributed by atoms with Gasteiger partial charge in [0.15, 0.2) is 0 Å². The molecule has 1 aliphatic heterocycles. The average Bonchev–Trinajstić information content (AvgIpc) is 2.63. The highest BCUT2D eigenvalue weighted by atomic mass is 32.2. The molecular formula is C8H16N2O4S. The molecule has 6 nitrogen and oxygen atoms in total. The Bertz CT molecular complexity index is 309. The molecule has 88 valence electrons. The third-order valence-corrected chi connectivity index (χ3v) is 3.06. The maximum Gasteiger partial charge on any atom is 0.264 e.